The Hall–Kier alpha value is 0.01000. The standard InChI is InChI=1S/C15H18Cl3NO/c1-8(10-4-5-11(16)14(18)13(10)17)19-12-6-7-20-15(12)9-2-3-9/h4-5,8-9,12,15,19H,2-3,6-7H2,1H3. The molecule has 2 aliphatic rings. The first-order valence-corrected chi connectivity index (χ1v) is 8.22. The van der Waals surface area contributed by atoms with Crippen LogP contribution in [0, 0.1) is 5.92 Å². The van der Waals surface area contributed by atoms with Crippen molar-refractivity contribution in [1.82, 2.24) is 5.32 Å². The molecular formula is C15H18Cl3NO. The molecule has 3 atom stereocenters. The van der Waals surface area contributed by atoms with Gasteiger partial charge in [0.05, 0.1) is 21.2 Å². The van der Waals surface area contributed by atoms with E-state index in [1.807, 2.05) is 6.07 Å². The van der Waals surface area contributed by atoms with Gasteiger partial charge in [0.25, 0.3) is 0 Å². The smallest absolute Gasteiger partial charge is 0.0781 e. The Bertz CT molecular complexity index is 504. The fraction of sp³-hybridized carbons (Fsp3) is 0.600. The highest BCUT2D eigenvalue weighted by molar-refractivity contribution is 6.48. The summed E-state index contributed by atoms with van der Waals surface area (Å²) in [5, 5.41) is 5.11. The second kappa shape index (κ2) is 6.02. The molecule has 0 radical (unpaired) electrons. The molecule has 3 unspecified atom stereocenters. The Kier molecular flexibility index (Phi) is 4.49. The van der Waals surface area contributed by atoms with Crippen LogP contribution in [0.3, 0.4) is 0 Å². The summed E-state index contributed by atoms with van der Waals surface area (Å²) in [5.74, 6) is 0.742. The summed E-state index contributed by atoms with van der Waals surface area (Å²) in [7, 11) is 0. The van der Waals surface area contributed by atoms with Crippen molar-refractivity contribution >= 4 is 34.8 Å². The summed E-state index contributed by atoms with van der Waals surface area (Å²) >= 11 is 18.4. The molecule has 1 saturated carbocycles. The van der Waals surface area contributed by atoms with Gasteiger partial charge in [-0.1, -0.05) is 40.9 Å². The molecule has 5 heteroatoms. The molecule has 2 fully saturated rings. The zero-order valence-corrected chi connectivity index (χ0v) is 13.6. The van der Waals surface area contributed by atoms with E-state index in [1.165, 1.54) is 12.8 Å². The van der Waals surface area contributed by atoms with Gasteiger partial charge in [0.15, 0.2) is 0 Å². The highest BCUT2D eigenvalue weighted by Gasteiger charge is 2.41. The molecule has 0 amide bonds. The molecular weight excluding hydrogens is 317 g/mol. The fourth-order valence-electron chi connectivity index (χ4n) is 2.97. The van der Waals surface area contributed by atoms with Crippen LogP contribution in [-0.2, 0) is 4.74 Å². The zero-order valence-electron chi connectivity index (χ0n) is 11.3. The summed E-state index contributed by atoms with van der Waals surface area (Å²) in [4.78, 5) is 0. The number of hydrogen-bond donors (Lipinski definition) is 1. The van der Waals surface area contributed by atoms with Gasteiger partial charge in [-0.25, -0.2) is 0 Å². The Morgan fingerprint density at radius 2 is 1.90 bits per heavy atom. The van der Waals surface area contributed by atoms with Crippen LogP contribution < -0.4 is 5.32 Å². The lowest BCUT2D eigenvalue weighted by molar-refractivity contribution is 0.0793. The number of ether oxygens (including phenoxy) is 1. The monoisotopic (exact) mass is 333 g/mol. The highest BCUT2D eigenvalue weighted by Crippen LogP contribution is 2.40. The van der Waals surface area contributed by atoms with E-state index in [4.69, 9.17) is 39.5 Å². The average Bonchev–Trinajstić information content (AvgIpc) is 3.17. The number of rotatable bonds is 4. The first-order valence-electron chi connectivity index (χ1n) is 7.09. The van der Waals surface area contributed by atoms with Gasteiger partial charge in [0, 0.05) is 18.7 Å². The summed E-state index contributed by atoms with van der Waals surface area (Å²) in [6, 6.07) is 4.27. The third kappa shape index (κ3) is 2.95. The van der Waals surface area contributed by atoms with Crippen molar-refractivity contribution in [3.05, 3.63) is 32.8 Å². The molecule has 1 aliphatic carbocycles. The van der Waals surface area contributed by atoms with E-state index in [1.54, 1.807) is 6.07 Å². The van der Waals surface area contributed by atoms with E-state index in [2.05, 4.69) is 12.2 Å². The Labute approximate surface area is 134 Å². The van der Waals surface area contributed by atoms with Gasteiger partial charge < -0.3 is 10.1 Å². The lowest BCUT2D eigenvalue weighted by Crippen LogP contribution is -2.39. The van der Waals surface area contributed by atoms with Gasteiger partial charge in [-0.15, -0.1) is 0 Å². The predicted octanol–water partition coefficient (Wildman–Crippen LogP) is 4.86. The van der Waals surface area contributed by atoms with Crippen LogP contribution in [0.25, 0.3) is 0 Å². The maximum absolute atomic E-state index is 6.30. The molecule has 1 heterocycles. The van der Waals surface area contributed by atoms with Crippen molar-refractivity contribution in [2.45, 2.75) is 44.4 Å². The van der Waals surface area contributed by atoms with E-state index in [-0.39, 0.29) is 6.04 Å². The second-order valence-corrected chi connectivity index (χ2v) is 6.88. The molecule has 1 N–H and O–H groups in total. The molecule has 2 nitrogen and oxygen atoms in total. The van der Waals surface area contributed by atoms with Crippen molar-refractivity contribution in [3.63, 3.8) is 0 Å². The van der Waals surface area contributed by atoms with Crippen molar-refractivity contribution < 1.29 is 4.74 Å². The van der Waals surface area contributed by atoms with Crippen LogP contribution in [-0.4, -0.2) is 18.8 Å². The fourth-order valence-corrected chi connectivity index (χ4v) is 3.67. The first kappa shape index (κ1) is 14.9. The maximum Gasteiger partial charge on any atom is 0.0781 e. The predicted molar refractivity (Wildman–Crippen MR) is 83.9 cm³/mol. The minimum absolute atomic E-state index is 0.130. The molecule has 0 bridgehead atoms. The minimum atomic E-state index is 0.130. The van der Waals surface area contributed by atoms with Crippen LogP contribution in [0.2, 0.25) is 15.1 Å². The molecule has 1 saturated heterocycles. The van der Waals surface area contributed by atoms with Crippen LogP contribution >= 0.6 is 34.8 Å². The van der Waals surface area contributed by atoms with Crippen molar-refractivity contribution in [1.29, 1.82) is 0 Å². The Balaban J connectivity index is 1.72. The molecule has 20 heavy (non-hydrogen) atoms. The van der Waals surface area contributed by atoms with Gasteiger partial charge in [-0.05, 0) is 43.7 Å². The van der Waals surface area contributed by atoms with Crippen LogP contribution in [0.15, 0.2) is 12.1 Å². The highest BCUT2D eigenvalue weighted by atomic mass is 35.5. The SMILES string of the molecule is CC(NC1CCOC1C1CC1)c1ccc(Cl)c(Cl)c1Cl. The van der Waals surface area contributed by atoms with Gasteiger partial charge >= 0.3 is 0 Å². The maximum atomic E-state index is 6.30. The van der Waals surface area contributed by atoms with E-state index in [9.17, 15) is 0 Å². The summed E-state index contributed by atoms with van der Waals surface area (Å²) in [6.45, 7) is 2.95. The Morgan fingerprint density at radius 1 is 1.15 bits per heavy atom. The average molecular weight is 335 g/mol. The number of hydrogen-bond acceptors (Lipinski definition) is 2. The largest absolute Gasteiger partial charge is 0.376 e. The molecule has 0 aromatic heterocycles. The molecule has 1 aromatic carbocycles. The summed E-state index contributed by atoms with van der Waals surface area (Å²) in [5.41, 5.74) is 0.988. The van der Waals surface area contributed by atoms with Crippen molar-refractivity contribution in [2.24, 2.45) is 5.92 Å². The van der Waals surface area contributed by atoms with E-state index in [0.29, 0.717) is 27.2 Å². The quantitative estimate of drug-likeness (QED) is 0.794. The van der Waals surface area contributed by atoms with Gasteiger partial charge in [0.1, 0.15) is 0 Å². The lowest BCUT2D eigenvalue weighted by atomic mass is 10.0. The number of nitrogens with one attached hydrogen (secondary N) is 1. The zero-order chi connectivity index (χ0) is 14.3. The molecule has 1 aromatic rings. The van der Waals surface area contributed by atoms with Gasteiger partial charge in [-0.3, -0.25) is 0 Å². The van der Waals surface area contributed by atoms with Crippen molar-refractivity contribution in [2.75, 3.05) is 6.61 Å². The van der Waals surface area contributed by atoms with Gasteiger partial charge in [-0.2, -0.15) is 0 Å². The van der Waals surface area contributed by atoms with Crippen LogP contribution in [0.4, 0.5) is 0 Å². The minimum Gasteiger partial charge on any atom is -0.376 e. The van der Waals surface area contributed by atoms with E-state index in [0.717, 1.165) is 24.5 Å². The second-order valence-electron chi connectivity index (χ2n) is 5.72. The van der Waals surface area contributed by atoms with Crippen molar-refractivity contribution in [3.8, 4) is 0 Å². The van der Waals surface area contributed by atoms with E-state index >= 15 is 0 Å². The van der Waals surface area contributed by atoms with Crippen LogP contribution in [0.5, 0.6) is 0 Å². The molecule has 0 spiro atoms. The Morgan fingerprint density at radius 3 is 2.60 bits per heavy atom. The molecule has 110 valence electrons. The third-order valence-electron chi connectivity index (χ3n) is 4.22. The third-order valence-corrected chi connectivity index (χ3v) is 5.53. The van der Waals surface area contributed by atoms with Crippen LogP contribution in [0.1, 0.15) is 37.8 Å². The summed E-state index contributed by atoms with van der Waals surface area (Å²) < 4.78 is 5.86. The molecule has 1 aliphatic heterocycles. The lowest BCUT2D eigenvalue weighted by Gasteiger charge is -2.25. The summed E-state index contributed by atoms with van der Waals surface area (Å²) in [6.07, 6.45) is 4.01. The number of halogens is 3. The topological polar surface area (TPSA) is 21.3 Å². The number of benzene rings is 1. The van der Waals surface area contributed by atoms with Gasteiger partial charge in [0.2, 0.25) is 0 Å². The first-order chi connectivity index (χ1) is 9.58. The van der Waals surface area contributed by atoms with E-state index < -0.39 is 0 Å². The normalized spacial score (nSPS) is 27.8. The molecule has 3 rings (SSSR count).